The highest BCUT2D eigenvalue weighted by molar-refractivity contribution is 5.74. The normalized spacial score (nSPS) is 21.2. The van der Waals surface area contributed by atoms with Gasteiger partial charge in [-0.3, -0.25) is 9.88 Å². The van der Waals surface area contributed by atoms with Crippen molar-refractivity contribution in [2.24, 2.45) is 5.92 Å². The van der Waals surface area contributed by atoms with Crippen LogP contribution in [0.25, 0.3) is 0 Å². The molecule has 1 N–H and O–H groups in total. The molecule has 1 aromatic heterocycles. The van der Waals surface area contributed by atoms with Crippen LogP contribution in [0, 0.1) is 5.92 Å². The van der Waals surface area contributed by atoms with Gasteiger partial charge in [0.05, 0.1) is 0 Å². The first-order valence-corrected chi connectivity index (χ1v) is 10.5. The molecule has 1 atom stereocenters. The molecule has 2 amide bonds. The minimum absolute atomic E-state index is 0.111. The molecule has 0 radical (unpaired) electrons. The third kappa shape index (κ3) is 6.18. The molecule has 6 heteroatoms. The van der Waals surface area contributed by atoms with Crippen LogP contribution in [-0.4, -0.2) is 84.6 Å². The fraction of sp³-hybridized carbons (Fsp3) is 0.714. The number of hydrogen-bond donors (Lipinski definition) is 1. The Kier molecular flexibility index (Phi) is 7.47. The van der Waals surface area contributed by atoms with E-state index in [2.05, 4.69) is 40.1 Å². The molecule has 2 aliphatic heterocycles. The van der Waals surface area contributed by atoms with E-state index in [0.29, 0.717) is 12.0 Å². The maximum absolute atomic E-state index is 12.4. The fourth-order valence-electron chi connectivity index (χ4n) is 4.14. The number of likely N-dealkylation sites (tertiary alicyclic amines) is 1. The lowest BCUT2D eigenvalue weighted by atomic mass is 9.91. The van der Waals surface area contributed by atoms with Crippen LogP contribution in [0.5, 0.6) is 0 Å². The first-order valence-electron chi connectivity index (χ1n) is 10.5. The molecule has 3 rings (SSSR count). The molecule has 0 saturated carbocycles. The van der Waals surface area contributed by atoms with E-state index in [1.807, 2.05) is 23.4 Å². The Balaban J connectivity index is 1.31. The van der Waals surface area contributed by atoms with E-state index < -0.39 is 0 Å². The lowest BCUT2D eigenvalue weighted by Gasteiger charge is -2.36. The zero-order valence-corrected chi connectivity index (χ0v) is 16.9. The minimum atomic E-state index is 0.111. The van der Waals surface area contributed by atoms with Gasteiger partial charge in [0.2, 0.25) is 0 Å². The van der Waals surface area contributed by atoms with Crippen LogP contribution in [0.3, 0.4) is 0 Å². The summed E-state index contributed by atoms with van der Waals surface area (Å²) in [7, 11) is 2.18. The van der Waals surface area contributed by atoms with Gasteiger partial charge in [0.25, 0.3) is 0 Å². The number of hydrogen-bond acceptors (Lipinski definition) is 4. The second-order valence-electron chi connectivity index (χ2n) is 8.20. The predicted molar refractivity (Wildman–Crippen MR) is 109 cm³/mol. The molecule has 0 unspecified atom stereocenters. The number of carbonyl (C=O) groups excluding carboxylic acids is 1. The minimum Gasteiger partial charge on any atom is -0.338 e. The molecular formula is C21H35N5O. The van der Waals surface area contributed by atoms with Crippen molar-refractivity contribution in [3.63, 3.8) is 0 Å². The summed E-state index contributed by atoms with van der Waals surface area (Å²) in [5.74, 6) is 0.663. The van der Waals surface area contributed by atoms with Gasteiger partial charge >= 0.3 is 6.03 Å². The average molecular weight is 374 g/mol. The van der Waals surface area contributed by atoms with Crippen molar-refractivity contribution in [3.8, 4) is 0 Å². The highest BCUT2D eigenvalue weighted by Gasteiger charge is 2.23. The maximum Gasteiger partial charge on any atom is 0.317 e. The summed E-state index contributed by atoms with van der Waals surface area (Å²) in [5.41, 5.74) is 1.30. The highest BCUT2D eigenvalue weighted by atomic mass is 16.2. The summed E-state index contributed by atoms with van der Waals surface area (Å²) in [5, 5.41) is 3.14. The average Bonchev–Trinajstić information content (AvgIpc) is 2.69. The molecule has 0 spiro atoms. The van der Waals surface area contributed by atoms with Crippen LogP contribution in [0.15, 0.2) is 24.5 Å². The number of nitrogens with zero attached hydrogens (tertiary/aromatic N) is 4. The van der Waals surface area contributed by atoms with E-state index in [1.54, 1.807) is 0 Å². The number of piperazine rings is 1. The van der Waals surface area contributed by atoms with Gasteiger partial charge < -0.3 is 15.1 Å². The number of nitrogens with one attached hydrogen (secondary N) is 1. The summed E-state index contributed by atoms with van der Waals surface area (Å²) in [6, 6.07) is 4.79. The van der Waals surface area contributed by atoms with Gasteiger partial charge in [-0.05, 0) is 57.2 Å². The van der Waals surface area contributed by atoms with E-state index >= 15 is 0 Å². The quantitative estimate of drug-likeness (QED) is 0.829. The fourth-order valence-corrected chi connectivity index (χ4v) is 4.14. The van der Waals surface area contributed by atoms with Crippen molar-refractivity contribution in [2.45, 2.75) is 38.6 Å². The van der Waals surface area contributed by atoms with Crippen molar-refractivity contribution in [1.29, 1.82) is 0 Å². The van der Waals surface area contributed by atoms with Crippen LogP contribution in [0.2, 0.25) is 0 Å². The van der Waals surface area contributed by atoms with Crippen molar-refractivity contribution < 1.29 is 4.79 Å². The molecular weight excluding hydrogens is 338 g/mol. The molecule has 2 aliphatic rings. The van der Waals surface area contributed by atoms with E-state index in [-0.39, 0.29) is 6.03 Å². The van der Waals surface area contributed by atoms with Gasteiger partial charge in [0.15, 0.2) is 0 Å². The van der Waals surface area contributed by atoms with Gasteiger partial charge in [0.1, 0.15) is 0 Å². The number of piperidine rings is 1. The summed E-state index contributed by atoms with van der Waals surface area (Å²) >= 11 is 0. The summed E-state index contributed by atoms with van der Waals surface area (Å²) in [6.07, 6.45) is 8.04. The van der Waals surface area contributed by atoms with Crippen molar-refractivity contribution in [1.82, 2.24) is 25.0 Å². The number of aromatic nitrogens is 1. The summed E-state index contributed by atoms with van der Waals surface area (Å²) in [4.78, 5) is 23.5. The second kappa shape index (κ2) is 10.0. The lowest BCUT2D eigenvalue weighted by molar-refractivity contribution is 0.114. The maximum atomic E-state index is 12.4. The van der Waals surface area contributed by atoms with Gasteiger partial charge in [-0.2, -0.15) is 0 Å². The van der Waals surface area contributed by atoms with E-state index in [9.17, 15) is 4.79 Å². The third-order valence-electron chi connectivity index (χ3n) is 6.15. The van der Waals surface area contributed by atoms with Gasteiger partial charge in [-0.15, -0.1) is 0 Å². The van der Waals surface area contributed by atoms with Gasteiger partial charge in [-0.25, -0.2) is 4.79 Å². The molecule has 0 bridgehead atoms. The van der Waals surface area contributed by atoms with Crippen LogP contribution in [0.4, 0.5) is 4.79 Å². The molecule has 3 heterocycles. The molecule has 0 aromatic carbocycles. The number of amides is 2. The number of carbonyl (C=O) groups is 1. The standard InChI is InChI=1S/C21H35N5O/c1-18(25-14-12-24(2)13-15-25)5-9-23-21(27)26-10-6-19(7-11-26)16-20-4-3-8-22-17-20/h3-4,8,17-19H,5-7,9-16H2,1-2H3,(H,23,27)/t18-/m1/s1. The number of rotatable bonds is 6. The van der Waals surface area contributed by atoms with E-state index in [4.69, 9.17) is 0 Å². The Morgan fingerprint density at radius 3 is 2.63 bits per heavy atom. The molecule has 27 heavy (non-hydrogen) atoms. The van der Waals surface area contributed by atoms with E-state index in [0.717, 1.165) is 71.5 Å². The Labute approximate surface area is 163 Å². The molecule has 6 nitrogen and oxygen atoms in total. The van der Waals surface area contributed by atoms with Gasteiger partial charge in [0, 0.05) is 64.2 Å². The molecule has 0 aliphatic carbocycles. The van der Waals surface area contributed by atoms with Crippen LogP contribution >= 0.6 is 0 Å². The predicted octanol–water partition coefficient (Wildman–Crippen LogP) is 2.07. The van der Waals surface area contributed by atoms with Crippen LogP contribution in [-0.2, 0) is 6.42 Å². The van der Waals surface area contributed by atoms with Crippen LogP contribution < -0.4 is 5.32 Å². The van der Waals surface area contributed by atoms with Crippen molar-refractivity contribution in [3.05, 3.63) is 30.1 Å². The summed E-state index contributed by atoms with van der Waals surface area (Å²) < 4.78 is 0. The molecule has 2 saturated heterocycles. The Morgan fingerprint density at radius 2 is 1.96 bits per heavy atom. The topological polar surface area (TPSA) is 51.7 Å². The zero-order valence-electron chi connectivity index (χ0n) is 16.9. The number of likely N-dealkylation sites (N-methyl/N-ethyl adjacent to an activating group) is 1. The smallest absolute Gasteiger partial charge is 0.317 e. The lowest BCUT2D eigenvalue weighted by Crippen LogP contribution is -2.49. The Bertz CT molecular complexity index is 565. The Hall–Kier alpha value is -1.66. The molecule has 150 valence electrons. The largest absolute Gasteiger partial charge is 0.338 e. The zero-order chi connectivity index (χ0) is 19.1. The molecule has 2 fully saturated rings. The number of urea groups is 1. The van der Waals surface area contributed by atoms with Crippen molar-refractivity contribution >= 4 is 6.03 Å². The molecule has 1 aromatic rings. The third-order valence-corrected chi connectivity index (χ3v) is 6.15. The van der Waals surface area contributed by atoms with E-state index in [1.165, 1.54) is 5.56 Å². The monoisotopic (exact) mass is 373 g/mol. The highest BCUT2D eigenvalue weighted by Crippen LogP contribution is 2.21. The van der Waals surface area contributed by atoms with Crippen molar-refractivity contribution in [2.75, 3.05) is 52.9 Å². The summed E-state index contributed by atoms with van der Waals surface area (Å²) in [6.45, 7) is 9.33. The number of pyridine rings is 1. The Morgan fingerprint density at radius 1 is 1.22 bits per heavy atom. The van der Waals surface area contributed by atoms with Gasteiger partial charge in [-0.1, -0.05) is 6.07 Å². The first-order chi connectivity index (χ1) is 13.1. The first kappa shape index (κ1) is 20.1. The van der Waals surface area contributed by atoms with Crippen LogP contribution in [0.1, 0.15) is 31.7 Å². The SMILES string of the molecule is C[C@H](CCNC(=O)N1CCC(Cc2cccnc2)CC1)N1CCN(C)CC1. The second-order valence-corrected chi connectivity index (χ2v) is 8.20.